The van der Waals surface area contributed by atoms with Crippen LogP contribution >= 0.6 is 11.6 Å². The number of quaternary nitrogens is 2. The Morgan fingerprint density at radius 3 is 2.67 bits per heavy atom. The molecule has 8 heteroatoms. The number of rotatable bonds is 4. The summed E-state index contributed by atoms with van der Waals surface area (Å²) in [4.78, 5) is 24.9. The maximum atomic E-state index is 12.0. The number of amides is 1. The molecule has 1 fully saturated rings. The van der Waals surface area contributed by atoms with Gasteiger partial charge in [0, 0.05) is 11.8 Å². The number of likely N-dealkylation sites (N-methyl/N-ethyl adjacent to an activating group) is 1. The number of nitrogens with zero attached hydrogens (tertiary/aromatic N) is 1. The monoisotopic (exact) mass is 314 g/mol. The molecular formula is C13H19ClN4O3+2. The van der Waals surface area contributed by atoms with E-state index in [2.05, 4.69) is 12.4 Å². The zero-order chi connectivity index (χ0) is 15.4. The molecule has 1 aliphatic heterocycles. The third-order valence-corrected chi connectivity index (χ3v) is 3.97. The van der Waals surface area contributed by atoms with Crippen molar-refractivity contribution >= 4 is 28.9 Å². The largest absolute Gasteiger partial charge is 0.328 e. The Bertz CT molecular complexity index is 544. The molecule has 1 aromatic carbocycles. The highest BCUT2D eigenvalue weighted by molar-refractivity contribution is 6.32. The Morgan fingerprint density at radius 2 is 2.05 bits per heavy atom. The van der Waals surface area contributed by atoms with Crippen LogP contribution in [0.1, 0.15) is 0 Å². The van der Waals surface area contributed by atoms with Gasteiger partial charge in [-0.15, -0.1) is 0 Å². The van der Waals surface area contributed by atoms with E-state index in [0.717, 1.165) is 26.2 Å². The highest BCUT2D eigenvalue weighted by Crippen LogP contribution is 2.27. The quantitative estimate of drug-likeness (QED) is 0.472. The van der Waals surface area contributed by atoms with Crippen molar-refractivity contribution in [2.75, 3.05) is 45.1 Å². The van der Waals surface area contributed by atoms with Gasteiger partial charge in [0.05, 0.1) is 12.0 Å². The molecule has 1 aliphatic rings. The summed E-state index contributed by atoms with van der Waals surface area (Å²) in [6.45, 7) is 4.40. The van der Waals surface area contributed by atoms with Crippen molar-refractivity contribution in [3.63, 3.8) is 0 Å². The molecule has 1 heterocycles. The summed E-state index contributed by atoms with van der Waals surface area (Å²) >= 11 is 5.74. The van der Waals surface area contributed by atoms with Gasteiger partial charge in [-0.1, -0.05) is 11.6 Å². The maximum absolute atomic E-state index is 12.0. The molecule has 7 nitrogen and oxygen atoms in total. The van der Waals surface area contributed by atoms with Crippen LogP contribution in [0, 0.1) is 10.1 Å². The third-order valence-electron chi connectivity index (χ3n) is 3.65. The SMILES string of the molecule is C[NH+]1CC[NH+](CC(=O)Nc2ccc(Cl)c([N+](=O)[O-])c2)CC1. The van der Waals surface area contributed by atoms with Gasteiger partial charge in [0.1, 0.15) is 31.2 Å². The lowest BCUT2D eigenvalue weighted by molar-refractivity contribution is -0.999. The first-order chi connectivity index (χ1) is 9.95. The fraction of sp³-hybridized carbons (Fsp3) is 0.462. The van der Waals surface area contributed by atoms with Crippen LogP contribution in [0.4, 0.5) is 11.4 Å². The number of hydrogen-bond acceptors (Lipinski definition) is 3. The number of hydrogen-bond donors (Lipinski definition) is 3. The summed E-state index contributed by atoms with van der Waals surface area (Å²) in [5, 5.41) is 13.6. The van der Waals surface area contributed by atoms with Crippen LogP contribution in [0.5, 0.6) is 0 Å². The highest BCUT2D eigenvalue weighted by Gasteiger charge is 2.22. The fourth-order valence-electron chi connectivity index (χ4n) is 2.37. The molecule has 0 aliphatic carbocycles. The Balaban J connectivity index is 1.93. The highest BCUT2D eigenvalue weighted by atomic mass is 35.5. The lowest BCUT2D eigenvalue weighted by Gasteiger charge is -2.26. The Hall–Kier alpha value is -1.70. The minimum Gasteiger partial charge on any atom is -0.328 e. The number of piperazine rings is 1. The number of nitrogens with one attached hydrogen (secondary N) is 3. The minimum absolute atomic E-state index is 0.0608. The van der Waals surface area contributed by atoms with Crippen LogP contribution in [-0.4, -0.2) is 50.6 Å². The zero-order valence-corrected chi connectivity index (χ0v) is 12.6. The van der Waals surface area contributed by atoms with Crippen molar-refractivity contribution in [2.45, 2.75) is 0 Å². The number of anilines is 1. The van der Waals surface area contributed by atoms with Gasteiger partial charge in [0.15, 0.2) is 6.54 Å². The van der Waals surface area contributed by atoms with E-state index in [0.29, 0.717) is 12.2 Å². The Kier molecular flexibility index (Phi) is 5.11. The second kappa shape index (κ2) is 6.84. The molecule has 1 aromatic rings. The van der Waals surface area contributed by atoms with Crippen LogP contribution in [-0.2, 0) is 4.79 Å². The first kappa shape index (κ1) is 15.7. The smallest absolute Gasteiger partial charge is 0.289 e. The van der Waals surface area contributed by atoms with Gasteiger partial charge in [0.25, 0.3) is 11.6 Å². The molecule has 0 radical (unpaired) electrons. The van der Waals surface area contributed by atoms with Crippen molar-refractivity contribution in [3.05, 3.63) is 33.3 Å². The Morgan fingerprint density at radius 1 is 1.38 bits per heavy atom. The van der Waals surface area contributed by atoms with E-state index in [1.165, 1.54) is 21.9 Å². The molecule has 0 spiro atoms. The van der Waals surface area contributed by atoms with E-state index in [4.69, 9.17) is 11.6 Å². The lowest BCUT2D eigenvalue weighted by atomic mass is 10.2. The number of halogens is 1. The van der Waals surface area contributed by atoms with Crippen LogP contribution in [0.3, 0.4) is 0 Å². The van der Waals surface area contributed by atoms with Gasteiger partial charge >= 0.3 is 0 Å². The first-order valence-electron chi connectivity index (χ1n) is 6.84. The molecule has 1 saturated heterocycles. The van der Waals surface area contributed by atoms with Crippen molar-refractivity contribution in [3.8, 4) is 0 Å². The zero-order valence-electron chi connectivity index (χ0n) is 11.8. The summed E-state index contributed by atoms with van der Waals surface area (Å²) in [6, 6.07) is 4.27. The molecule has 114 valence electrons. The second-order valence-corrected chi connectivity index (χ2v) is 5.76. The third kappa shape index (κ3) is 4.38. The van der Waals surface area contributed by atoms with E-state index in [-0.39, 0.29) is 16.6 Å². The average Bonchev–Trinajstić information content (AvgIpc) is 2.43. The number of nitro groups is 1. The summed E-state index contributed by atoms with van der Waals surface area (Å²) in [6.07, 6.45) is 0. The average molecular weight is 315 g/mol. The van der Waals surface area contributed by atoms with Crippen LogP contribution in [0.25, 0.3) is 0 Å². The van der Waals surface area contributed by atoms with Crippen molar-refractivity contribution in [1.82, 2.24) is 0 Å². The molecule has 0 unspecified atom stereocenters. The van der Waals surface area contributed by atoms with Crippen molar-refractivity contribution in [2.24, 2.45) is 0 Å². The van der Waals surface area contributed by atoms with E-state index in [1.807, 2.05) is 0 Å². The normalized spacial score (nSPS) is 21.8. The molecule has 2 rings (SSSR count). The summed E-state index contributed by atoms with van der Waals surface area (Å²) in [5.41, 5.74) is 0.195. The number of carbonyl (C=O) groups excluding carboxylic acids is 1. The molecule has 1 amide bonds. The fourth-order valence-corrected chi connectivity index (χ4v) is 2.56. The molecule has 3 N–H and O–H groups in total. The number of benzene rings is 1. The molecule has 0 aromatic heterocycles. The lowest BCUT2D eigenvalue weighted by Crippen LogP contribution is -3.27. The standard InChI is InChI=1S/C13H17ClN4O3/c1-16-4-6-17(7-5-16)9-13(19)15-10-2-3-11(14)12(8-10)18(20)21/h2-3,8H,4-7,9H2,1H3,(H,15,19)/p+2. The molecule has 0 bridgehead atoms. The predicted octanol–water partition coefficient (Wildman–Crippen LogP) is -1.40. The Labute approximate surface area is 127 Å². The number of carbonyl (C=O) groups is 1. The number of nitro benzene ring substituents is 1. The van der Waals surface area contributed by atoms with Crippen LogP contribution < -0.4 is 15.1 Å². The van der Waals surface area contributed by atoms with E-state index >= 15 is 0 Å². The topological polar surface area (TPSA) is 81.1 Å². The summed E-state index contributed by atoms with van der Waals surface area (Å²) in [5.74, 6) is -0.138. The van der Waals surface area contributed by atoms with Gasteiger partial charge in [-0.2, -0.15) is 0 Å². The van der Waals surface area contributed by atoms with Crippen molar-refractivity contribution < 1.29 is 19.5 Å². The molecule has 0 atom stereocenters. The summed E-state index contributed by atoms with van der Waals surface area (Å²) in [7, 11) is 2.14. The van der Waals surface area contributed by atoms with Gasteiger partial charge in [0.2, 0.25) is 0 Å². The minimum atomic E-state index is -0.563. The second-order valence-electron chi connectivity index (χ2n) is 5.36. The van der Waals surface area contributed by atoms with E-state index in [1.54, 1.807) is 6.07 Å². The van der Waals surface area contributed by atoms with Crippen LogP contribution in [0.2, 0.25) is 5.02 Å². The maximum Gasteiger partial charge on any atom is 0.289 e. The first-order valence-corrected chi connectivity index (χ1v) is 7.22. The van der Waals surface area contributed by atoms with E-state index < -0.39 is 4.92 Å². The predicted molar refractivity (Wildman–Crippen MR) is 78.9 cm³/mol. The summed E-state index contributed by atoms with van der Waals surface area (Å²) < 4.78 is 0. The van der Waals surface area contributed by atoms with Crippen molar-refractivity contribution in [1.29, 1.82) is 0 Å². The molecular weight excluding hydrogens is 296 g/mol. The van der Waals surface area contributed by atoms with Gasteiger partial charge in [-0.25, -0.2) is 0 Å². The molecule has 0 saturated carbocycles. The van der Waals surface area contributed by atoms with Gasteiger partial charge < -0.3 is 15.1 Å². The van der Waals surface area contributed by atoms with Gasteiger partial charge in [-0.3, -0.25) is 14.9 Å². The molecule has 21 heavy (non-hydrogen) atoms. The van der Waals surface area contributed by atoms with E-state index in [9.17, 15) is 14.9 Å². The van der Waals surface area contributed by atoms with Crippen LogP contribution in [0.15, 0.2) is 18.2 Å². The van der Waals surface area contributed by atoms with Gasteiger partial charge in [-0.05, 0) is 12.1 Å².